The number of nitrogens with zero attached hydrogens (tertiary/aromatic N) is 3. The van der Waals surface area contributed by atoms with Gasteiger partial charge in [0.25, 0.3) is 5.91 Å². The van der Waals surface area contributed by atoms with E-state index in [1.54, 1.807) is 0 Å². The lowest BCUT2D eigenvalue weighted by Gasteiger charge is -2.31. The topological polar surface area (TPSA) is 104 Å². The Bertz CT molecular complexity index is 512. The Morgan fingerprint density at radius 3 is 2.81 bits per heavy atom. The van der Waals surface area contributed by atoms with Gasteiger partial charge < -0.3 is 16.3 Å². The van der Waals surface area contributed by atoms with Crippen molar-refractivity contribution in [1.82, 2.24) is 15.2 Å². The van der Waals surface area contributed by atoms with Gasteiger partial charge in [-0.3, -0.25) is 9.69 Å². The zero-order chi connectivity index (χ0) is 15.2. The van der Waals surface area contributed by atoms with E-state index < -0.39 is 5.82 Å². The maximum atomic E-state index is 12.7. The normalized spacial score (nSPS) is 17.7. The van der Waals surface area contributed by atoms with E-state index in [1.165, 1.54) is 12.1 Å². The molecule has 0 aromatic carbocycles. The maximum Gasteiger partial charge on any atom is 0.270 e. The molecular formula is C13H18FN5O2. The monoisotopic (exact) mass is 295 g/mol. The lowest BCUT2D eigenvalue weighted by molar-refractivity contribution is 0.0909. The summed E-state index contributed by atoms with van der Waals surface area (Å²) in [5.41, 5.74) is 5.66. The van der Waals surface area contributed by atoms with Crippen molar-refractivity contribution < 1.29 is 14.4 Å². The van der Waals surface area contributed by atoms with Crippen molar-refractivity contribution in [3.8, 4) is 0 Å². The second-order valence-corrected chi connectivity index (χ2v) is 4.98. The predicted octanol–water partition coefficient (Wildman–Crippen LogP) is 0.161. The third-order valence-electron chi connectivity index (χ3n) is 3.40. The Balaban J connectivity index is 1.80. The van der Waals surface area contributed by atoms with Gasteiger partial charge in [-0.05, 0) is 25.0 Å². The third kappa shape index (κ3) is 4.38. The number of halogens is 1. The zero-order valence-electron chi connectivity index (χ0n) is 11.5. The van der Waals surface area contributed by atoms with Crippen molar-refractivity contribution >= 4 is 11.7 Å². The molecule has 8 heteroatoms. The first-order valence-corrected chi connectivity index (χ1v) is 6.69. The highest BCUT2D eigenvalue weighted by Crippen LogP contribution is 2.10. The summed E-state index contributed by atoms with van der Waals surface area (Å²) in [7, 11) is 0. The number of rotatable bonds is 4. The minimum Gasteiger partial charge on any atom is -0.409 e. The molecule has 1 aliphatic heterocycles. The van der Waals surface area contributed by atoms with Crippen molar-refractivity contribution in [2.75, 3.05) is 19.6 Å². The molecule has 0 bridgehead atoms. The summed E-state index contributed by atoms with van der Waals surface area (Å²) in [6.45, 7) is 1.91. The highest BCUT2D eigenvalue weighted by molar-refractivity contribution is 5.92. The van der Waals surface area contributed by atoms with Crippen molar-refractivity contribution in [2.45, 2.75) is 18.9 Å². The van der Waals surface area contributed by atoms with Crippen molar-refractivity contribution in [3.05, 3.63) is 29.8 Å². The van der Waals surface area contributed by atoms with E-state index in [0.717, 1.165) is 32.1 Å². The number of aromatic nitrogens is 1. The molecule has 0 spiro atoms. The van der Waals surface area contributed by atoms with Gasteiger partial charge in [0, 0.05) is 19.1 Å². The van der Waals surface area contributed by atoms with Crippen LogP contribution in [0, 0.1) is 5.82 Å². The standard InChI is InChI=1S/C13H18FN5O2/c14-9-1-2-11(16-7-9)13(20)17-10-3-5-19(6-4-10)8-12(15)18-21/h1-2,7,10,21H,3-6,8H2,(H2,15,18)(H,17,20). The van der Waals surface area contributed by atoms with Crippen LogP contribution in [0.25, 0.3) is 0 Å². The van der Waals surface area contributed by atoms with E-state index in [-0.39, 0.29) is 23.5 Å². The number of piperidine rings is 1. The van der Waals surface area contributed by atoms with Gasteiger partial charge in [-0.25, -0.2) is 9.37 Å². The Labute approximate surface area is 121 Å². The minimum atomic E-state index is -0.469. The number of nitrogens with one attached hydrogen (secondary N) is 1. The summed E-state index contributed by atoms with van der Waals surface area (Å²) < 4.78 is 12.7. The number of hydrogen-bond donors (Lipinski definition) is 3. The van der Waals surface area contributed by atoms with Crippen LogP contribution in [0.4, 0.5) is 4.39 Å². The summed E-state index contributed by atoms with van der Waals surface area (Å²) in [5.74, 6) is -0.596. The molecule has 2 rings (SSSR count). The molecule has 114 valence electrons. The first-order chi connectivity index (χ1) is 10.1. The first-order valence-electron chi connectivity index (χ1n) is 6.69. The van der Waals surface area contributed by atoms with Crippen molar-refractivity contribution in [2.24, 2.45) is 10.9 Å². The van der Waals surface area contributed by atoms with E-state index >= 15 is 0 Å². The number of carbonyl (C=O) groups excluding carboxylic acids is 1. The van der Waals surface area contributed by atoms with Gasteiger partial charge in [-0.15, -0.1) is 0 Å². The summed E-state index contributed by atoms with van der Waals surface area (Å²) in [6, 6.07) is 2.62. The van der Waals surface area contributed by atoms with Crippen LogP contribution in [0.5, 0.6) is 0 Å². The molecule has 0 saturated carbocycles. The average Bonchev–Trinajstić information content (AvgIpc) is 2.49. The number of nitrogens with two attached hydrogens (primary N) is 1. The quantitative estimate of drug-likeness (QED) is 0.318. The number of carbonyl (C=O) groups is 1. The summed E-state index contributed by atoms with van der Waals surface area (Å²) in [6.07, 6.45) is 2.56. The van der Waals surface area contributed by atoms with Gasteiger partial charge in [0.05, 0.1) is 12.7 Å². The molecule has 0 unspecified atom stereocenters. The molecule has 21 heavy (non-hydrogen) atoms. The van der Waals surface area contributed by atoms with Gasteiger partial charge >= 0.3 is 0 Å². The van der Waals surface area contributed by atoms with Crippen LogP contribution in [0.2, 0.25) is 0 Å². The zero-order valence-corrected chi connectivity index (χ0v) is 11.5. The van der Waals surface area contributed by atoms with Gasteiger partial charge in [0.2, 0.25) is 0 Å². The second-order valence-electron chi connectivity index (χ2n) is 4.98. The predicted molar refractivity (Wildman–Crippen MR) is 74.5 cm³/mol. The lowest BCUT2D eigenvalue weighted by atomic mass is 10.0. The number of amidine groups is 1. The van der Waals surface area contributed by atoms with Gasteiger partial charge in [-0.1, -0.05) is 5.16 Å². The van der Waals surface area contributed by atoms with E-state index in [0.29, 0.717) is 6.54 Å². The van der Waals surface area contributed by atoms with Crippen molar-refractivity contribution in [3.63, 3.8) is 0 Å². The molecule has 0 atom stereocenters. The second kappa shape index (κ2) is 6.98. The van der Waals surface area contributed by atoms with Crippen LogP contribution in [0.1, 0.15) is 23.3 Å². The molecule has 1 amide bonds. The summed E-state index contributed by atoms with van der Waals surface area (Å²) in [4.78, 5) is 17.7. The fourth-order valence-corrected chi connectivity index (χ4v) is 2.27. The van der Waals surface area contributed by atoms with Crippen LogP contribution < -0.4 is 11.1 Å². The van der Waals surface area contributed by atoms with Crippen LogP contribution >= 0.6 is 0 Å². The van der Waals surface area contributed by atoms with Gasteiger partial charge in [0.1, 0.15) is 11.5 Å². The van der Waals surface area contributed by atoms with E-state index in [1.807, 2.05) is 4.90 Å². The molecule has 1 aromatic heterocycles. The molecule has 1 aliphatic rings. The molecule has 1 fully saturated rings. The summed E-state index contributed by atoms with van der Waals surface area (Å²) in [5, 5.41) is 14.3. The highest BCUT2D eigenvalue weighted by Gasteiger charge is 2.22. The molecule has 7 nitrogen and oxygen atoms in total. The highest BCUT2D eigenvalue weighted by atomic mass is 19.1. The van der Waals surface area contributed by atoms with Crippen LogP contribution in [-0.2, 0) is 0 Å². The largest absolute Gasteiger partial charge is 0.409 e. The minimum absolute atomic E-state index is 0.0490. The molecule has 1 aromatic rings. The number of likely N-dealkylation sites (tertiary alicyclic amines) is 1. The molecular weight excluding hydrogens is 277 g/mol. The molecule has 1 saturated heterocycles. The third-order valence-corrected chi connectivity index (χ3v) is 3.40. The number of oxime groups is 1. The first kappa shape index (κ1) is 15.2. The fraction of sp³-hybridized carbons (Fsp3) is 0.462. The smallest absolute Gasteiger partial charge is 0.270 e. The molecule has 0 radical (unpaired) electrons. The SMILES string of the molecule is N/C(CN1CCC(NC(=O)c2ccc(F)cn2)CC1)=N/O. The Morgan fingerprint density at radius 2 is 2.24 bits per heavy atom. The Kier molecular flexibility index (Phi) is 5.04. The Morgan fingerprint density at radius 1 is 1.52 bits per heavy atom. The maximum absolute atomic E-state index is 12.7. The van der Waals surface area contributed by atoms with E-state index in [9.17, 15) is 9.18 Å². The lowest BCUT2D eigenvalue weighted by Crippen LogP contribution is -2.46. The number of amides is 1. The van der Waals surface area contributed by atoms with E-state index in [2.05, 4.69) is 15.5 Å². The molecule has 4 N–H and O–H groups in total. The van der Waals surface area contributed by atoms with Crippen molar-refractivity contribution in [1.29, 1.82) is 0 Å². The van der Waals surface area contributed by atoms with Crippen LogP contribution in [0.3, 0.4) is 0 Å². The fourth-order valence-electron chi connectivity index (χ4n) is 2.27. The summed E-state index contributed by atoms with van der Waals surface area (Å²) >= 11 is 0. The Hall–Kier alpha value is -2.22. The van der Waals surface area contributed by atoms with E-state index in [4.69, 9.17) is 10.9 Å². The van der Waals surface area contributed by atoms with Gasteiger partial charge in [-0.2, -0.15) is 0 Å². The molecule has 2 heterocycles. The van der Waals surface area contributed by atoms with Crippen LogP contribution in [-0.4, -0.2) is 52.5 Å². The number of pyridine rings is 1. The molecule has 0 aliphatic carbocycles. The van der Waals surface area contributed by atoms with Crippen LogP contribution in [0.15, 0.2) is 23.5 Å². The number of hydrogen-bond acceptors (Lipinski definition) is 5. The van der Waals surface area contributed by atoms with Gasteiger partial charge in [0.15, 0.2) is 5.84 Å². The average molecular weight is 295 g/mol.